The summed E-state index contributed by atoms with van der Waals surface area (Å²) < 4.78 is 7.90. The highest BCUT2D eigenvalue weighted by atomic mass is 79.9. The van der Waals surface area contributed by atoms with Crippen LogP contribution in [0, 0.1) is 10.1 Å². The third-order valence-electron chi connectivity index (χ3n) is 5.34. The van der Waals surface area contributed by atoms with Crippen LogP contribution in [0.2, 0.25) is 5.02 Å². The van der Waals surface area contributed by atoms with Crippen molar-refractivity contribution in [2.45, 2.75) is 32.8 Å². The Hall–Kier alpha value is -3.56. The lowest BCUT2D eigenvalue weighted by Gasteiger charge is -2.21. The fraction of sp³-hybridized carbons (Fsp3) is 0.192. The molecule has 0 fully saturated rings. The number of halogens is 2. The highest BCUT2D eigenvalue weighted by Crippen LogP contribution is 2.26. The van der Waals surface area contributed by atoms with Crippen LogP contribution in [-0.4, -0.2) is 20.8 Å². The van der Waals surface area contributed by atoms with E-state index in [1.165, 1.54) is 29.1 Å². The normalized spacial score (nSPS) is 11.8. The highest BCUT2D eigenvalue weighted by Gasteiger charge is 2.23. The van der Waals surface area contributed by atoms with Crippen molar-refractivity contribution >= 4 is 50.3 Å². The number of ether oxygens (including phenoxy) is 1. The number of rotatable bonds is 6. The molecule has 0 saturated heterocycles. The van der Waals surface area contributed by atoms with Gasteiger partial charge >= 0.3 is 0 Å². The summed E-state index contributed by atoms with van der Waals surface area (Å²) >= 11 is 9.62. The fourth-order valence-corrected chi connectivity index (χ4v) is 4.07. The van der Waals surface area contributed by atoms with Gasteiger partial charge in [0.25, 0.3) is 11.2 Å². The minimum atomic E-state index is -0.510. The van der Waals surface area contributed by atoms with Crippen LogP contribution in [0.1, 0.15) is 37.7 Å². The molecule has 10 heteroatoms. The molecule has 0 spiro atoms. The molecule has 0 aliphatic heterocycles. The third-order valence-corrected chi connectivity index (χ3v) is 6.20. The quantitative estimate of drug-likeness (QED) is 0.150. The van der Waals surface area contributed by atoms with Crippen molar-refractivity contribution in [3.8, 4) is 5.75 Å². The molecule has 184 valence electrons. The van der Waals surface area contributed by atoms with E-state index < -0.39 is 10.3 Å². The van der Waals surface area contributed by atoms with E-state index in [1.807, 2.05) is 45.0 Å². The molecule has 8 nitrogen and oxygen atoms in total. The second-order valence-electron chi connectivity index (χ2n) is 9.07. The second-order valence-corrected chi connectivity index (χ2v) is 10.4. The van der Waals surface area contributed by atoms with Gasteiger partial charge in [0.05, 0.1) is 22.0 Å². The number of benzene rings is 3. The van der Waals surface area contributed by atoms with Gasteiger partial charge in [0, 0.05) is 38.2 Å². The minimum absolute atomic E-state index is 0.134. The molecule has 1 aromatic heterocycles. The van der Waals surface area contributed by atoms with E-state index in [2.05, 4.69) is 26.0 Å². The number of hydrogen-bond donors (Lipinski definition) is 0. The van der Waals surface area contributed by atoms with Gasteiger partial charge in [-0.05, 0) is 30.3 Å². The summed E-state index contributed by atoms with van der Waals surface area (Å²) in [5.41, 5.74) is 0.646. The van der Waals surface area contributed by atoms with E-state index in [4.69, 9.17) is 16.3 Å². The van der Waals surface area contributed by atoms with E-state index >= 15 is 0 Å². The molecule has 0 radical (unpaired) electrons. The fourth-order valence-electron chi connectivity index (χ4n) is 3.51. The first kappa shape index (κ1) is 25.5. The standard InChI is InChI=1S/C26H22BrClN4O4/c1-26(2,3)25-30-22-10-8-18(27)13-20(22)24(33)31(25)29-14-17-12-19(32(34)35)9-11-23(17)36-15-16-6-4-5-7-21(16)28/h4-14H,15H2,1-3H3. The molecule has 1 heterocycles. The summed E-state index contributed by atoms with van der Waals surface area (Å²) in [4.78, 5) is 29.0. The lowest BCUT2D eigenvalue weighted by atomic mass is 9.95. The summed E-state index contributed by atoms with van der Waals surface area (Å²) in [5.74, 6) is 0.800. The smallest absolute Gasteiger partial charge is 0.282 e. The molecule has 3 aromatic carbocycles. The van der Waals surface area contributed by atoms with Gasteiger partial charge in [-0.3, -0.25) is 14.9 Å². The van der Waals surface area contributed by atoms with Crippen LogP contribution in [0.25, 0.3) is 10.9 Å². The molecule has 4 rings (SSSR count). The van der Waals surface area contributed by atoms with E-state index in [9.17, 15) is 14.9 Å². The topological polar surface area (TPSA) is 99.6 Å². The van der Waals surface area contributed by atoms with Crippen LogP contribution in [0.4, 0.5) is 5.69 Å². The molecule has 0 unspecified atom stereocenters. The molecule has 0 saturated carbocycles. The SMILES string of the molecule is CC(C)(C)c1nc2ccc(Br)cc2c(=O)n1N=Cc1cc([N+](=O)[O-])ccc1OCc1ccccc1Cl. The Morgan fingerprint density at radius 3 is 2.61 bits per heavy atom. The van der Waals surface area contributed by atoms with E-state index in [0.717, 1.165) is 10.0 Å². The van der Waals surface area contributed by atoms with Crippen molar-refractivity contribution in [1.29, 1.82) is 0 Å². The predicted octanol–water partition coefficient (Wildman–Crippen LogP) is 6.48. The molecular formula is C26H22BrClN4O4. The summed E-state index contributed by atoms with van der Waals surface area (Å²) in [5, 5.41) is 16.8. The monoisotopic (exact) mass is 568 g/mol. The van der Waals surface area contributed by atoms with Crippen LogP contribution in [0.15, 0.2) is 75.0 Å². The minimum Gasteiger partial charge on any atom is -0.488 e. The van der Waals surface area contributed by atoms with Crippen molar-refractivity contribution in [2.75, 3.05) is 0 Å². The first-order valence-electron chi connectivity index (χ1n) is 11.0. The van der Waals surface area contributed by atoms with Crippen molar-refractivity contribution in [3.63, 3.8) is 0 Å². The molecule has 0 N–H and O–H groups in total. The molecule has 0 aliphatic rings. The number of hydrogen-bond acceptors (Lipinski definition) is 6. The Balaban J connectivity index is 1.81. The van der Waals surface area contributed by atoms with Crippen LogP contribution in [0.5, 0.6) is 5.75 Å². The van der Waals surface area contributed by atoms with Crippen molar-refractivity contribution in [1.82, 2.24) is 9.66 Å². The third kappa shape index (κ3) is 5.47. The van der Waals surface area contributed by atoms with Gasteiger partial charge in [-0.2, -0.15) is 9.78 Å². The van der Waals surface area contributed by atoms with Crippen LogP contribution < -0.4 is 10.3 Å². The lowest BCUT2D eigenvalue weighted by Crippen LogP contribution is -2.29. The Morgan fingerprint density at radius 2 is 1.92 bits per heavy atom. The number of nitro benzene ring substituents is 1. The summed E-state index contributed by atoms with van der Waals surface area (Å²) in [7, 11) is 0. The number of non-ortho nitro benzene ring substituents is 1. The van der Waals surface area contributed by atoms with Gasteiger partial charge in [0.1, 0.15) is 18.2 Å². The van der Waals surface area contributed by atoms with E-state index in [0.29, 0.717) is 33.1 Å². The molecular weight excluding hydrogens is 548 g/mol. The second kappa shape index (κ2) is 10.2. The highest BCUT2D eigenvalue weighted by molar-refractivity contribution is 9.10. The van der Waals surface area contributed by atoms with E-state index in [-0.39, 0.29) is 17.9 Å². The molecule has 36 heavy (non-hydrogen) atoms. The van der Waals surface area contributed by atoms with E-state index in [1.54, 1.807) is 18.2 Å². The summed E-state index contributed by atoms with van der Waals surface area (Å²) in [6, 6.07) is 16.7. The maximum atomic E-state index is 13.4. The molecule has 0 atom stereocenters. The Labute approximate surface area is 220 Å². The van der Waals surface area contributed by atoms with Gasteiger partial charge in [0.15, 0.2) is 0 Å². The summed E-state index contributed by atoms with van der Waals surface area (Å²) in [6.45, 7) is 5.93. The number of fused-ring (bicyclic) bond motifs is 1. The van der Waals surface area contributed by atoms with Crippen molar-refractivity contribution < 1.29 is 9.66 Å². The first-order chi connectivity index (χ1) is 17.0. The van der Waals surface area contributed by atoms with Gasteiger partial charge in [-0.15, -0.1) is 0 Å². The van der Waals surface area contributed by atoms with Gasteiger partial charge in [-0.25, -0.2) is 4.98 Å². The largest absolute Gasteiger partial charge is 0.488 e. The van der Waals surface area contributed by atoms with Crippen LogP contribution in [-0.2, 0) is 12.0 Å². The van der Waals surface area contributed by atoms with Gasteiger partial charge in [0.2, 0.25) is 0 Å². The van der Waals surface area contributed by atoms with Crippen molar-refractivity contribution in [3.05, 3.63) is 108 Å². The number of aromatic nitrogens is 2. The number of nitro groups is 1. The first-order valence-corrected chi connectivity index (χ1v) is 12.1. The predicted molar refractivity (Wildman–Crippen MR) is 144 cm³/mol. The van der Waals surface area contributed by atoms with Gasteiger partial charge < -0.3 is 4.74 Å². The Bertz CT molecular complexity index is 1560. The maximum Gasteiger partial charge on any atom is 0.282 e. The number of nitrogens with zero attached hydrogens (tertiary/aromatic N) is 4. The zero-order chi connectivity index (χ0) is 26.0. The van der Waals surface area contributed by atoms with Gasteiger partial charge in [-0.1, -0.05) is 66.5 Å². The molecule has 4 aromatic rings. The Kier molecular flexibility index (Phi) is 7.23. The molecule has 0 bridgehead atoms. The average Bonchev–Trinajstić information content (AvgIpc) is 2.82. The average molecular weight is 570 g/mol. The molecule has 0 amide bonds. The molecule has 0 aliphatic carbocycles. The zero-order valence-electron chi connectivity index (χ0n) is 19.7. The van der Waals surface area contributed by atoms with Crippen LogP contribution in [0.3, 0.4) is 0 Å². The maximum absolute atomic E-state index is 13.4. The zero-order valence-corrected chi connectivity index (χ0v) is 22.1. The lowest BCUT2D eigenvalue weighted by molar-refractivity contribution is -0.384. The van der Waals surface area contributed by atoms with Crippen molar-refractivity contribution in [2.24, 2.45) is 5.10 Å². The van der Waals surface area contributed by atoms with Crippen LogP contribution >= 0.6 is 27.5 Å². The Morgan fingerprint density at radius 1 is 1.17 bits per heavy atom. The summed E-state index contributed by atoms with van der Waals surface area (Å²) in [6.07, 6.45) is 1.37.